The van der Waals surface area contributed by atoms with E-state index in [1.807, 2.05) is 30.3 Å². The summed E-state index contributed by atoms with van der Waals surface area (Å²) in [5, 5.41) is 8.79. The quantitative estimate of drug-likeness (QED) is 0.830. The molecular formula is C15H14O2S. The molecule has 2 aromatic carbocycles. The van der Waals surface area contributed by atoms with Gasteiger partial charge in [-0.1, -0.05) is 30.3 Å². The highest BCUT2D eigenvalue weighted by molar-refractivity contribution is 7.99. The molecule has 0 spiro atoms. The van der Waals surface area contributed by atoms with Crippen molar-refractivity contribution in [3.63, 3.8) is 0 Å². The van der Waals surface area contributed by atoms with Gasteiger partial charge < -0.3 is 5.11 Å². The van der Waals surface area contributed by atoms with Crippen LogP contribution in [0.5, 0.6) is 0 Å². The predicted octanol–water partition coefficient (Wildman–Crippen LogP) is 3.72. The molecule has 0 atom stereocenters. The number of hydrogen-bond acceptors (Lipinski definition) is 2. The zero-order chi connectivity index (χ0) is 12.8. The maximum Gasteiger partial charge on any atom is 0.335 e. The van der Waals surface area contributed by atoms with Crippen molar-refractivity contribution in [2.75, 3.05) is 5.75 Å². The second-order valence-corrected chi connectivity index (χ2v) is 5.08. The van der Waals surface area contributed by atoms with Crippen molar-refractivity contribution in [1.29, 1.82) is 0 Å². The van der Waals surface area contributed by atoms with E-state index in [9.17, 15) is 4.79 Å². The Morgan fingerprint density at radius 3 is 2.28 bits per heavy atom. The Balaban J connectivity index is 1.85. The summed E-state index contributed by atoms with van der Waals surface area (Å²) in [5.74, 6) is 0.118. The first kappa shape index (κ1) is 12.7. The highest BCUT2D eigenvalue weighted by Crippen LogP contribution is 2.19. The first-order valence-corrected chi connectivity index (χ1v) is 6.74. The maximum absolute atomic E-state index is 10.7. The van der Waals surface area contributed by atoms with Gasteiger partial charge in [-0.15, -0.1) is 11.8 Å². The standard InChI is InChI=1S/C15H14O2S/c16-15(17)13-6-8-14(9-7-13)18-11-10-12-4-2-1-3-5-12/h1-9H,10-11H2,(H,16,17). The summed E-state index contributed by atoms with van der Waals surface area (Å²) < 4.78 is 0. The molecule has 0 fully saturated rings. The Labute approximate surface area is 111 Å². The zero-order valence-corrected chi connectivity index (χ0v) is 10.7. The minimum atomic E-state index is -0.879. The van der Waals surface area contributed by atoms with Crippen molar-refractivity contribution in [3.8, 4) is 0 Å². The van der Waals surface area contributed by atoms with Crippen molar-refractivity contribution < 1.29 is 9.90 Å². The van der Waals surface area contributed by atoms with Gasteiger partial charge in [0.1, 0.15) is 0 Å². The molecular weight excluding hydrogens is 244 g/mol. The molecule has 0 aliphatic carbocycles. The number of rotatable bonds is 5. The van der Waals surface area contributed by atoms with Gasteiger partial charge in [-0.2, -0.15) is 0 Å². The van der Waals surface area contributed by atoms with Crippen LogP contribution in [0.1, 0.15) is 15.9 Å². The Hall–Kier alpha value is -1.74. The van der Waals surface area contributed by atoms with Gasteiger partial charge in [0.2, 0.25) is 0 Å². The average Bonchev–Trinajstić information content (AvgIpc) is 2.40. The van der Waals surface area contributed by atoms with Gasteiger partial charge in [-0.3, -0.25) is 0 Å². The normalized spacial score (nSPS) is 10.2. The topological polar surface area (TPSA) is 37.3 Å². The molecule has 0 aromatic heterocycles. The van der Waals surface area contributed by atoms with Crippen molar-refractivity contribution in [2.24, 2.45) is 0 Å². The smallest absolute Gasteiger partial charge is 0.335 e. The van der Waals surface area contributed by atoms with Crippen molar-refractivity contribution in [2.45, 2.75) is 11.3 Å². The lowest BCUT2D eigenvalue weighted by atomic mass is 10.2. The van der Waals surface area contributed by atoms with E-state index in [4.69, 9.17) is 5.11 Å². The van der Waals surface area contributed by atoms with Crippen LogP contribution in [0.25, 0.3) is 0 Å². The summed E-state index contributed by atoms with van der Waals surface area (Å²) in [6.45, 7) is 0. The van der Waals surface area contributed by atoms with Crippen LogP contribution in [-0.4, -0.2) is 16.8 Å². The van der Waals surface area contributed by atoms with Crippen molar-refractivity contribution >= 4 is 17.7 Å². The fourth-order valence-electron chi connectivity index (χ4n) is 1.63. The first-order valence-electron chi connectivity index (χ1n) is 5.76. The summed E-state index contributed by atoms with van der Waals surface area (Å²) in [5.41, 5.74) is 1.66. The number of benzene rings is 2. The monoisotopic (exact) mass is 258 g/mol. The Kier molecular flexibility index (Phi) is 4.42. The van der Waals surface area contributed by atoms with Gasteiger partial charge in [-0.25, -0.2) is 4.79 Å². The molecule has 0 radical (unpaired) electrons. The summed E-state index contributed by atoms with van der Waals surface area (Å²) in [6.07, 6.45) is 1.02. The van der Waals surface area contributed by atoms with Gasteiger partial charge in [-0.05, 0) is 36.2 Å². The molecule has 0 bridgehead atoms. The number of carboxylic acid groups (broad SMARTS) is 1. The van der Waals surface area contributed by atoms with Gasteiger partial charge in [0.25, 0.3) is 0 Å². The number of carboxylic acids is 1. The molecule has 0 saturated carbocycles. The second-order valence-electron chi connectivity index (χ2n) is 3.91. The van der Waals surface area contributed by atoms with E-state index in [1.165, 1.54) is 5.56 Å². The third-order valence-electron chi connectivity index (χ3n) is 2.60. The van der Waals surface area contributed by atoms with E-state index in [0.29, 0.717) is 5.56 Å². The molecule has 92 valence electrons. The molecule has 0 unspecified atom stereocenters. The summed E-state index contributed by atoms with van der Waals surface area (Å²) in [4.78, 5) is 11.8. The van der Waals surface area contributed by atoms with Crippen LogP contribution in [0.2, 0.25) is 0 Å². The highest BCUT2D eigenvalue weighted by Gasteiger charge is 2.01. The predicted molar refractivity (Wildman–Crippen MR) is 74.3 cm³/mol. The SMILES string of the molecule is O=C(O)c1ccc(SCCc2ccccc2)cc1. The minimum Gasteiger partial charge on any atom is -0.478 e. The van der Waals surface area contributed by atoms with E-state index in [2.05, 4.69) is 12.1 Å². The number of aromatic carboxylic acids is 1. The van der Waals surface area contributed by atoms with Crippen LogP contribution in [0.3, 0.4) is 0 Å². The van der Waals surface area contributed by atoms with E-state index in [1.54, 1.807) is 23.9 Å². The third kappa shape index (κ3) is 3.64. The molecule has 3 heteroatoms. The fourth-order valence-corrected chi connectivity index (χ4v) is 2.53. The lowest BCUT2D eigenvalue weighted by Crippen LogP contribution is -1.95. The lowest BCUT2D eigenvalue weighted by Gasteiger charge is -2.02. The van der Waals surface area contributed by atoms with Gasteiger partial charge >= 0.3 is 5.97 Å². The molecule has 0 saturated heterocycles. The number of hydrogen-bond donors (Lipinski definition) is 1. The summed E-state index contributed by atoms with van der Waals surface area (Å²) in [6, 6.07) is 17.4. The molecule has 2 nitrogen and oxygen atoms in total. The molecule has 1 N–H and O–H groups in total. The van der Waals surface area contributed by atoms with Crippen LogP contribution < -0.4 is 0 Å². The van der Waals surface area contributed by atoms with Gasteiger partial charge in [0.15, 0.2) is 0 Å². The third-order valence-corrected chi connectivity index (χ3v) is 3.62. The zero-order valence-electron chi connectivity index (χ0n) is 9.87. The molecule has 0 amide bonds. The molecule has 0 aliphatic heterocycles. The lowest BCUT2D eigenvalue weighted by molar-refractivity contribution is 0.0697. The van der Waals surface area contributed by atoms with Crippen LogP contribution in [-0.2, 0) is 6.42 Å². The average molecular weight is 258 g/mol. The Morgan fingerprint density at radius 1 is 1.00 bits per heavy atom. The van der Waals surface area contributed by atoms with E-state index in [-0.39, 0.29) is 0 Å². The second kappa shape index (κ2) is 6.26. The van der Waals surface area contributed by atoms with E-state index in [0.717, 1.165) is 17.1 Å². The fraction of sp³-hybridized carbons (Fsp3) is 0.133. The molecule has 2 aromatic rings. The summed E-state index contributed by atoms with van der Waals surface area (Å²) in [7, 11) is 0. The Bertz CT molecular complexity index is 506. The van der Waals surface area contributed by atoms with E-state index < -0.39 is 5.97 Å². The first-order chi connectivity index (χ1) is 8.75. The number of thioether (sulfide) groups is 1. The van der Waals surface area contributed by atoms with Crippen LogP contribution in [0, 0.1) is 0 Å². The van der Waals surface area contributed by atoms with Crippen LogP contribution >= 0.6 is 11.8 Å². The minimum absolute atomic E-state index is 0.336. The molecule has 2 rings (SSSR count). The number of carbonyl (C=O) groups is 1. The van der Waals surface area contributed by atoms with E-state index >= 15 is 0 Å². The molecule has 0 aliphatic rings. The van der Waals surface area contributed by atoms with Gasteiger partial charge in [0.05, 0.1) is 5.56 Å². The largest absolute Gasteiger partial charge is 0.478 e. The van der Waals surface area contributed by atoms with Crippen molar-refractivity contribution in [3.05, 3.63) is 65.7 Å². The van der Waals surface area contributed by atoms with Gasteiger partial charge in [0, 0.05) is 10.6 Å². The summed E-state index contributed by atoms with van der Waals surface area (Å²) >= 11 is 1.74. The maximum atomic E-state index is 10.7. The van der Waals surface area contributed by atoms with Crippen molar-refractivity contribution in [1.82, 2.24) is 0 Å². The Morgan fingerprint density at radius 2 is 1.67 bits per heavy atom. The van der Waals surface area contributed by atoms with Crippen LogP contribution in [0.4, 0.5) is 0 Å². The number of aryl methyl sites for hydroxylation is 1. The van der Waals surface area contributed by atoms with Crippen LogP contribution in [0.15, 0.2) is 59.5 Å². The molecule has 18 heavy (non-hydrogen) atoms. The highest BCUT2D eigenvalue weighted by atomic mass is 32.2. The molecule has 0 heterocycles.